The number of rotatable bonds is 6. The maximum absolute atomic E-state index is 11.4. The molecule has 0 bridgehead atoms. The van der Waals surface area contributed by atoms with E-state index < -0.39 is 18.0 Å². The second-order valence-electron chi connectivity index (χ2n) is 4.70. The van der Waals surface area contributed by atoms with E-state index in [-0.39, 0.29) is 13.0 Å². The summed E-state index contributed by atoms with van der Waals surface area (Å²) in [6, 6.07) is 5.37. The standard InChI is InChI=1S/C16H19NO5/c1-5-14(18)22-13(8-17)12-6-10(2)16(11(3)7-12)21-9-15(19)20-4/h6-7,13H,5,9H2,1-4H3/t13-/m0/s1. The summed E-state index contributed by atoms with van der Waals surface area (Å²) in [5.74, 6) is -0.366. The van der Waals surface area contributed by atoms with E-state index >= 15 is 0 Å². The van der Waals surface area contributed by atoms with Gasteiger partial charge in [-0.15, -0.1) is 0 Å². The van der Waals surface area contributed by atoms with E-state index in [0.717, 1.165) is 11.1 Å². The SMILES string of the molecule is CCC(=O)O[C@@H](C#N)c1cc(C)c(OCC(=O)OC)c(C)c1. The van der Waals surface area contributed by atoms with E-state index in [0.29, 0.717) is 11.3 Å². The number of hydrogen-bond acceptors (Lipinski definition) is 6. The first kappa shape index (κ1) is 17.5. The summed E-state index contributed by atoms with van der Waals surface area (Å²) in [7, 11) is 1.29. The number of benzene rings is 1. The lowest BCUT2D eigenvalue weighted by Crippen LogP contribution is -2.14. The summed E-state index contributed by atoms with van der Waals surface area (Å²) >= 11 is 0. The number of ether oxygens (including phenoxy) is 3. The highest BCUT2D eigenvalue weighted by molar-refractivity contribution is 5.71. The van der Waals surface area contributed by atoms with E-state index in [1.165, 1.54) is 7.11 Å². The van der Waals surface area contributed by atoms with Crippen LogP contribution in [0, 0.1) is 25.2 Å². The van der Waals surface area contributed by atoms with Crippen LogP contribution in [0.1, 0.15) is 36.1 Å². The number of hydrogen-bond donors (Lipinski definition) is 0. The van der Waals surface area contributed by atoms with E-state index in [2.05, 4.69) is 4.74 Å². The summed E-state index contributed by atoms with van der Waals surface area (Å²) in [6.07, 6.45) is -0.754. The van der Waals surface area contributed by atoms with Crippen molar-refractivity contribution in [2.75, 3.05) is 13.7 Å². The lowest BCUT2D eigenvalue weighted by Gasteiger charge is -2.16. The first-order valence-corrected chi connectivity index (χ1v) is 6.82. The number of esters is 2. The topological polar surface area (TPSA) is 85.6 Å². The van der Waals surface area contributed by atoms with Crippen LogP contribution >= 0.6 is 0 Å². The fourth-order valence-electron chi connectivity index (χ4n) is 1.94. The molecule has 0 amide bonds. The van der Waals surface area contributed by atoms with Crippen LogP contribution in [0.2, 0.25) is 0 Å². The highest BCUT2D eigenvalue weighted by atomic mass is 16.6. The molecular formula is C16H19NO5. The smallest absolute Gasteiger partial charge is 0.343 e. The van der Waals surface area contributed by atoms with Crippen molar-refractivity contribution in [1.29, 1.82) is 5.26 Å². The molecule has 22 heavy (non-hydrogen) atoms. The molecule has 0 heterocycles. The van der Waals surface area contributed by atoms with Gasteiger partial charge >= 0.3 is 11.9 Å². The van der Waals surface area contributed by atoms with Crippen LogP contribution in [0.5, 0.6) is 5.75 Å². The molecule has 0 radical (unpaired) electrons. The van der Waals surface area contributed by atoms with Crippen LogP contribution in [0.25, 0.3) is 0 Å². The Labute approximate surface area is 129 Å². The van der Waals surface area contributed by atoms with Gasteiger partial charge in [0, 0.05) is 12.0 Å². The maximum Gasteiger partial charge on any atom is 0.343 e. The number of nitriles is 1. The number of nitrogens with zero attached hydrogens (tertiary/aromatic N) is 1. The van der Waals surface area contributed by atoms with E-state index in [1.807, 2.05) is 6.07 Å². The van der Waals surface area contributed by atoms with Crippen molar-refractivity contribution in [3.05, 3.63) is 28.8 Å². The van der Waals surface area contributed by atoms with Gasteiger partial charge in [-0.25, -0.2) is 4.79 Å². The Balaban J connectivity index is 2.99. The second-order valence-corrected chi connectivity index (χ2v) is 4.70. The average Bonchev–Trinajstić information content (AvgIpc) is 2.50. The van der Waals surface area contributed by atoms with E-state index in [1.54, 1.807) is 32.9 Å². The Morgan fingerprint density at radius 3 is 2.27 bits per heavy atom. The molecule has 0 aliphatic carbocycles. The predicted octanol–water partition coefficient (Wildman–Crippen LogP) is 2.37. The summed E-state index contributed by atoms with van der Waals surface area (Å²) in [4.78, 5) is 22.5. The third-order valence-electron chi connectivity index (χ3n) is 3.00. The molecule has 6 heteroatoms. The molecule has 0 saturated carbocycles. The highest BCUT2D eigenvalue weighted by Crippen LogP contribution is 2.29. The molecule has 6 nitrogen and oxygen atoms in total. The van der Waals surface area contributed by atoms with Crippen molar-refractivity contribution in [1.82, 2.24) is 0 Å². The number of aryl methyl sites for hydroxylation is 2. The molecule has 0 unspecified atom stereocenters. The van der Waals surface area contributed by atoms with Gasteiger partial charge in [0.2, 0.25) is 6.10 Å². The minimum Gasteiger partial charge on any atom is -0.481 e. The maximum atomic E-state index is 11.4. The molecule has 118 valence electrons. The van der Waals surface area contributed by atoms with Crippen molar-refractivity contribution < 1.29 is 23.8 Å². The third kappa shape index (κ3) is 4.48. The molecule has 0 aromatic heterocycles. The minimum absolute atomic E-state index is 0.190. The molecule has 0 spiro atoms. The number of carbonyl (C=O) groups excluding carboxylic acids is 2. The van der Waals surface area contributed by atoms with E-state index in [4.69, 9.17) is 14.7 Å². The van der Waals surface area contributed by atoms with Gasteiger partial charge in [0.15, 0.2) is 6.61 Å². The Morgan fingerprint density at radius 1 is 1.23 bits per heavy atom. The summed E-state index contributed by atoms with van der Waals surface area (Å²) in [5, 5.41) is 9.16. The van der Waals surface area contributed by atoms with Crippen LogP contribution in [-0.2, 0) is 19.1 Å². The summed E-state index contributed by atoms with van der Waals surface area (Å²) in [5.41, 5.74) is 2.06. The van der Waals surface area contributed by atoms with Gasteiger partial charge in [-0.1, -0.05) is 6.92 Å². The fraction of sp³-hybridized carbons (Fsp3) is 0.438. The van der Waals surface area contributed by atoms with Gasteiger partial charge in [0.05, 0.1) is 7.11 Å². The quantitative estimate of drug-likeness (QED) is 0.750. The largest absolute Gasteiger partial charge is 0.481 e. The van der Waals surface area contributed by atoms with Crippen molar-refractivity contribution >= 4 is 11.9 Å². The van der Waals surface area contributed by atoms with Gasteiger partial charge in [-0.2, -0.15) is 5.26 Å². The van der Waals surface area contributed by atoms with Gasteiger partial charge < -0.3 is 14.2 Å². The summed E-state index contributed by atoms with van der Waals surface area (Å²) < 4.78 is 15.0. The molecule has 1 aromatic rings. The predicted molar refractivity (Wildman–Crippen MR) is 78.2 cm³/mol. The number of carbonyl (C=O) groups is 2. The highest BCUT2D eigenvalue weighted by Gasteiger charge is 2.18. The molecule has 0 fully saturated rings. The van der Waals surface area contributed by atoms with Gasteiger partial charge in [0.1, 0.15) is 11.8 Å². The first-order chi connectivity index (χ1) is 10.4. The molecule has 0 aliphatic rings. The molecule has 0 aliphatic heterocycles. The normalized spacial score (nSPS) is 11.2. The van der Waals surface area contributed by atoms with Crippen LogP contribution in [-0.4, -0.2) is 25.7 Å². The Bertz CT molecular complexity index is 580. The molecule has 1 atom stereocenters. The zero-order valence-electron chi connectivity index (χ0n) is 13.1. The van der Waals surface area contributed by atoms with Gasteiger partial charge in [-0.05, 0) is 37.1 Å². The van der Waals surface area contributed by atoms with Crippen LogP contribution < -0.4 is 4.74 Å². The van der Waals surface area contributed by atoms with Crippen molar-refractivity contribution in [2.45, 2.75) is 33.3 Å². The van der Waals surface area contributed by atoms with Crippen molar-refractivity contribution in [3.63, 3.8) is 0 Å². The fourth-order valence-corrected chi connectivity index (χ4v) is 1.94. The Hall–Kier alpha value is -2.55. The molecule has 1 aromatic carbocycles. The third-order valence-corrected chi connectivity index (χ3v) is 3.00. The summed E-state index contributed by atoms with van der Waals surface area (Å²) in [6.45, 7) is 5.05. The average molecular weight is 305 g/mol. The first-order valence-electron chi connectivity index (χ1n) is 6.82. The zero-order chi connectivity index (χ0) is 16.7. The van der Waals surface area contributed by atoms with Crippen LogP contribution in [0.15, 0.2) is 12.1 Å². The van der Waals surface area contributed by atoms with Crippen molar-refractivity contribution in [3.8, 4) is 11.8 Å². The van der Waals surface area contributed by atoms with Gasteiger partial charge in [0.25, 0.3) is 0 Å². The monoisotopic (exact) mass is 305 g/mol. The molecular weight excluding hydrogens is 286 g/mol. The zero-order valence-corrected chi connectivity index (χ0v) is 13.1. The van der Waals surface area contributed by atoms with E-state index in [9.17, 15) is 9.59 Å². The van der Waals surface area contributed by atoms with Gasteiger partial charge in [-0.3, -0.25) is 4.79 Å². The number of methoxy groups -OCH3 is 1. The Morgan fingerprint density at radius 2 is 1.82 bits per heavy atom. The molecule has 0 saturated heterocycles. The molecule has 0 N–H and O–H groups in total. The lowest BCUT2D eigenvalue weighted by atomic mass is 10.0. The van der Waals surface area contributed by atoms with Crippen molar-refractivity contribution in [2.24, 2.45) is 0 Å². The van der Waals surface area contributed by atoms with Crippen LogP contribution in [0.3, 0.4) is 0 Å². The van der Waals surface area contributed by atoms with Crippen LogP contribution in [0.4, 0.5) is 0 Å². The second kappa shape index (κ2) is 8.03. The molecule has 1 rings (SSSR count). The Kier molecular flexibility index (Phi) is 6.39. The lowest BCUT2D eigenvalue weighted by molar-refractivity contribution is -0.146. The minimum atomic E-state index is -0.959.